The summed E-state index contributed by atoms with van der Waals surface area (Å²) in [5, 5.41) is 16.6. The highest BCUT2D eigenvalue weighted by Gasteiger charge is 2.59. The summed E-state index contributed by atoms with van der Waals surface area (Å²) in [6.07, 6.45) is 0.293. The Morgan fingerprint density at radius 3 is 2.39 bits per heavy atom. The Morgan fingerprint density at radius 1 is 1.17 bits per heavy atom. The van der Waals surface area contributed by atoms with Crippen LogP contribution in [-0.4, -0.2) is 57.6 Å². The highest BCUT2D eigenvalue weighted by Crippen LogP contribution is 2.60. The Balaban J connectivity index is 1.35. The molecule has 36 heavy (non-hydrogen) atoms. The third kappa shape index (κ3) is 4.20. The minimum Gasteiger partial charge on any atom is -0.481 e. The van der Waals surface area contributed by atoms with Gasteiger partial charge in [-0.3, -0.25) is 19.5 Å². The van der Waals surface area contributed by atoms with Crippen molar-refractivity contribution >= 4 is 11.9 Å². The molecule has 5 aliphatic rings. The monoisotopic (exact) mass is 508 g/mol. The highest BCUT2D eigenvalue weighted by atomic mass is 19.4. The van der Waals surface area contributed by atoms with Crippen LogP contribution in [0.3, 0.4) is 0 Å². The molecule has 1 aliphatic heterocycles. The van der Waals surface area contributed by atoms with Crippen molar-refractivity contribution in [1.29, 1.82) is 0 Å². The van der Waals surface area contributed by atoms with E-state index < -0.39 is 28.7 Å². The van der Waals surface area contributed by atoms with Gasteiger partial charge in [-0.05, 0) is 82.8 Å². The Kier molecular flexibility index (Phi) is 6.14. The zero-order chi connectivity index (χ0) is 26.0. The first-order valence-corrected chi connectivity index (χ1v) is 12.9. The van der Waals surface area contributed by atoms with Gasteiger partial charge in [0.05, 0.1) is 28.3 Å². The summed E-state index contributed by atoms with van der Waals surface area (Å²) in [4.78, 5) is 32.0. The first kappa shape index (κ1) is 25.4. The first-order chi connectivity index (χ1) is 16.8. The van der Waals surface area contributed by atoms with E-state index in [4.69, 9.17) is 0 Å². The second-order valence-electron chi connectivity index (χ2n) is 12.0. The van der Waals surface area contributed by atoms with E-state index in [1.165, 1.54) is 6.07 Å². The van der Waals surface area contributed by atoms with E-state index in [-0.39, 0.29) is 35.9 Å². The summed E-state index contributed by atoms with van der Waals surface area (Å²) >= 11 is 0. The highest BCUT2D eigenvalue weighted by molar-refractivity contribution is 5.86. The second kappa shape index (κ2) is 8.68. The molecule has 4 bridgehead atoms. The van der Waals surface area contributed by atoms with Crippen LogP contribution < -0.4 is 10.6 Å². The van der Waals surface area contributed by atoms with E-state index >= 15 is 0 Å². The number of carboxylic acid groups (broad SMARTS) is 1. The molecule has 4 aliphatic carbocycles. The molecule has 10 heteroatoms. The molecule has 1 saturated heterocycles. The molecule has 5 fully saturated rings. The van der Waals surface area contributed by atoms with E-state index in [1.807, 2.05) is 25.7 Å². The SMILES string of the molecule is CC1NCCN(C(C)(C)C(=O)NC2C3CC4CC2CC(C(=O)O)(C4)C3)C1c1ccc(C(F)(F)F)cn1. The van der Waals surface area contributed by atoms with Crippen LogP contribution >= 0.6 is 0 Å². The van der Waals surface area contributed by atoms with Gasteiger partial charge in [0.1, 0.15) is 0 Å². The fourth-order valence-corrected chi connectivity index (χ4v) is 7.70. The Bertz CT molecular complexity index is 1010. The topological polar surface area (TPSA) is 94.6 Å². The number of pyridine rings is 1. The predicted molar refractivity (Wildman–Crippen MR) is 126 cm³/mol. The number of nitrogens with one attached hydrogen (secondary N) is 2. The first-order valence-electron chi connectivity index (χ1n) is 12.9. The third-order valence-electron chi connectivity index (χ3n) is 9.34. The normalized spacial score (nSPS) is 36.6. The van der Waals surface area contributed by atoms with E-state index in [1.54, 1.807) is 0 Å². The number of hydrogen-bond donors (Lipinski definition) is 3. The lowest BCUT2D eigenvalue weighted by Crippen LogP contribution is -2.67. The number of hydrogen-bond acceptors (Lipinski definition) is 5. The predicted octanol–water partition coefficient (Wildman–Crippen LogP) is 3.61. The fraction of sp³-hybridized carbons (Fsp3) is 0.731. The molecule has 7 nitrogen and oxygen atoms in total. The Morgan fingerprint density at radius 2 is 1.83 bits per heavy atom. The van der Waals surface area contributed by atoms with E-state index in [9.17, 15) is 27.9 Å². The van der Waals surface area contributed by atoms with Gasteiger partial charge in [0.2, 0.25) is 5.91 Å². The molecule has 4 unspecified atom stereocenters. The maximum atomic E-state index is 13.8. The Hall–Kier alpha value is -2.20. The van der Waals surface area contributed by atoms with Crippen LogP contribution in [-0.2, 0) is 15.8 Å². The molecule has 1 aromatic heterocycles. The van der Waals surface area contributed by atoms with E-state index in [2.05, 4.69) is 15.6 Å². The van der Waals surface area contributed by atoms with Crippen LogP contribution in [0.2, 0.25) is 0 Å². The largest absolute Gasteiger partial charge is 0.481 e. The van der Waals surface area contributed by atoms with E-state index in [0.717, 1.165) is 31.5 Å². The average molecular weight is 509 g/mol. The zero-order valence-corrected chi connectivity index (χ0v) is 20.9. The average Bonchev–Trinajstić information content (AvgIpc) is 2.80. The van der Waals surface area contributed by atoms with Gasteiger partial charge >= 0.3 is 12.1 Å². The van der Waals surface area contributed by atoms with Gasteiger partial charge in [-0.2, -0.15) is 13.2 Å². The van der Waals surface area contributed by atoms with Crippen molar-refractivity contribution in [3.63, 3.8) is 0 Å². The van der Waals surface area contributed by atoms with Gasteiger partial charge in [0.15, 0.2) is 0 Å². The van der Waals surface area contributed by atoms with Crippen molar-refractivity contribution in [2.75, 3.05) is 13.1 Å². The summed E-state index contributed by atoms with van der Waals surface area (Å²) in [5.41, 5.74) is -1.89. The molecule has 198 valence electrons. The van der Waals surface area contributed by atoms with Crippen LogP contribution in [0.25, 0.3) is 0 Å². The van der Waals surface area contributed by atoms with Gasteiger partial charge in [-0.1, -0.05) is 0 Å². The molecule has 3 N–H and O–H groups in total. The minimum atomic E-state index is -4.46. The number of rotatable bonds is 5. The number of carbonyl (C=O) groups is 2. The van der Waals surface area contributed by atoms with Crippen LogP contribution in [0.5, 0.6) is 0 Å². The molecule has 0 spiro atoms. The van der Waals surface area contributed by atoms with Gasteiger partial charge in [0.25, 0.3) is 0 Å². The molecule has 0 radical (unpaired) electrons. The molecule has 2 heterocycles. The number of piperazine rings is 1. The summed E-state index contributed by atoms with van der Waals surface area (Å²) in [5.74, 6) is -0.0733. The van der Waals surface area contributed by atoms with Crippen molar-refractivity contribution in [3.05, 3.63) is 29.6 Å². The lowest BCUT2D eigenvalue weighted by Gasteiger charge is -2.58. The Labute approximate surface area is 209 Å². The zero-order valence-electron chi connectivity index (χ0n) is 20.9. The van der Waals surface area contributed by atoms with Crippen molar-refractivity contribution in [3.8, 4) is 0 Å². The van der Waals surface area contributed by atoms with Crippen molar-refractivity contribution < 1.29 is 27.9 Å². The van der Waals surface area contributed by atoms with Gasteiger partial charge in [0, 0.05) is 31.4 Å². The number of halogens is 3. The molecule has 6 rings (SSSR count). The lowest BCUT2D eigenvalue weighted by molar-refractivity contribution is -0.168. The fourth-order valence-electron chi connectivity index (χ4n) is 7.70. The number of aromatic nitrogens is 1. The number of carbonyl (C=O) groups excluding carboxylic acids is 1. The summed E-state index contributed by atoms with van der Waals surface area (Å²) in [7, 11) is 0. The van der Waals surface area contributed by atoms with Crippen LogP contribution in [0, 0.1) is 23.2 Å². The summed E-state index contributed by atoms with van der Waals surface area (Å²) in [6.45, 7) is 6.85. The molecular weight excluding hydrogens is 473 g/mol. The quantitative estimate of drug-likeness (QED) is 0.563. The number of aliphatic carboxylic acids is 1. The standard InChI is InChI=1S/C26H35F3N4O3/c1-14-21(19-5-4-18(13-31-19)26(27,28)29)33(7-6-30-14)24(2,3)22(34)32-20-16-8-15-9-17(20)12-25(10-15,11-16)23(35)36/h4-5,13-17,20-21,30H,6-12H2,1-3H3,(H,32,34)(H,35,36). The maximum absolute atomic E-state index is 13.8. The summed E-state index contributed by atoms with van der Waals surface area (Å²) in [6, 6.07) is 1.91. The van der Waals surface area contributed by atoms with E-state index in [0.29, 0.717) is 37.5 Å². The van der Waals surface area contributed by atoms with Gasteiger partial charge in [-0.25, -0.2) is 0 Å². The number of amides is 1. The van der Waals surface area contributed by atoms with Gasteiger partial charge in [-0.15, -0.1) is 0 Å². The molecular formula is C26H35F3N4O3. The molecule has 4 atom stereocenters. The lowest BCUT2D eigenvalue weighted by atomic mass is 9.48. The molecule has 0 aromatic carbocycles. The molecule has 1 amide bonds. The van der Waals surface area contributed by atoms with Crippen molar-refractivity contribution in [2.45, 2.75) is 82.7 Å². The van der Waals surface area contributed by atoms with Crippen LogP contribution in [0.1, 0.15) is 70.2 Å². The number of nitrogens with zero attached hydrogens (tertiary/aromatic N) is 2. The van der Waals surface area contributed by atoms with Crippen molar-refractivity contribution in [1.82, 2.24) is 20.5 Å². The minimum absolute atomic E-state index is 0.0382. The summed E-state index contributed by atoms with van der Waals surface area (Å²) < 4.78 is 39.2. The smallest absolute Gasteiger partial charge is 0.417 e. The molecule has 1 aromatic rings. The maximum Gasteiger partial charge on any atom is 0.417 e. The molecule has 4 saturated carbocycles. The van der Waals surface area contributed by atoms with Gasteiger partial charge < -0.3 is 15.7 Å². The van der Waals surface area contributed by atoms with Crippen LogP contribution in [0.15, 0.2) is 18.3 Å². The third-order valence-corrected chi connectivity index (χ3v) is 9.34. The number of carboxylic acids is 1. The van der Waals surface area contributed by atoms with Crippen LogP contribution in [0.4, 0.5) is 13.2 Å². The van der Waals surface area contributed by atoms with Crippen molar-refractivity contribution in [2.24, 2.45) is 23.2 Å². The second-order valence-corrected chi connectivity index (χ2v) is 12.0. The number of alkyl halides is 3.